The first-order valence-corrected chi connectivity index (χ1v) is 12.4. The second-order valence-electron chi connectivity index (χ2n) is 7.72. The van der Waals surface area contributed by atoms with Crippen LogP contribution in [0.5, 0.6) is 0 Å². The first-order valence-electron chi connectivity index (χ1n) is 10.6. The molecule has 3 amide bonds. The summed E-state index contributed by atoms with van der Waals surface area (Å²) >= 11 is 0. The smallest absolute Gasteiger partial charge is 0.253 e. The quantitative estimate of drug-likeness (QED) is 0.114. The molecule has 0 saturated heterocycles. The SMILES string of the molecule is C[S+](Cc1ccc2c(c1)C(=O)NCC(=O)NC(CCCN=C(N)N)C(=O)N2)c1ccccc1.[Br-]. The van der Waals surface area contributed by atoms with Crippen LogP contribution in [0.1, 0.15) is 28.8 Å². The van der Waals surface area contributed by atoms with Crippen molar-refractivity contribution in [3.05, 3.63) is 59.7 Å². The molecule has 0 radical (unpaired) electrons. The number of fused-ring (bicyclic) bond motifs is 1. The summed E-state index contributed by atoms with van der Waals surface area (Å²) in [5.74, 6) is -0.513. The van der Waals surface area contributed by atoms with Crippen molar-refractivity contribution >= 4 is 40.3 Å². The molecule has 3 rings (SSSR count). The number of hydrogen-bond acceptors (Lipinski definition) is 4. The van der Waals surface area contributed by atoms with Crippen LogP contribution in [0, 0.1) is 0 Å². The van der Waals surface area contributed by atoms with Gasteiger partial charge in [-0.05, 0) is 37.1 Å². The van der Waals surface area contributed by atoms with Crippen LogP contribution in [0.4, 0.5) is 5.69 Å². The van der Waals surface area contributed by atoms with Gasteiger partial charge in [-0.2, -0.15) is 0 Å². The number of aliphatic imine (C=N–C) groups is 1. The Balaban J connectivity index is 0.00000408. The lowest BCUT2D eigenvalue weighted by Gasteiger charge is -2.21. The first kappa shape index (κ1) is 27.2. The lowest BCUT2D eigenvalue weighted by molar-refractivity contribution is -0.126. The number of halogens is 1. The standard InChI is InChI=1S/C23H28N6O3S.BrH/c1-33(16-6-3-2-4-7-16)14-15-9-10-18-17(12-15)21(31)27-13-20(30)28-19(22(32)29-18)8-5-11-26-23(24)25;/h2-4,6-7,9-10,12,19H,5,8,11,13-14H2,1H3,(H6-,24,25,26,27,28,29,30,31,32);1H. The first-order chi connectivity index (χ1) is 15.8. The molecule has 0 fully saturated rings. The molecule has 34 heavy (non-hydrogen) atoms. The Hall–Kier alpha value is -3.05. The van der Waals surface area contributed by atoms with Crippen LogP contribution < -0.4 is 44.4 Å². The van der Waals surface area contributed by atoms with E-state index in [9.17, 15) is 14.4 Å². The number of nitrogens with two attached hydrogens (primary N) is 2. The zero-order valence-electron chi connectivity index (χ0n) is 18.8. The van der Waals surface area contributed by atoms with Gasteiger partial charge in [0.2, 0.25) is 11.8 Å². The highest BCUT2D eigenvalue weighted by Gasteiger charge is 2.25. The molecule has 182 valence electrons. The fourth-order valence-corrected chi connectivity index (χ4v) is 4.93. The Labute approximate surface area is 212 Å². The van der Waals surface area contributed by atoms with Gasteiger partial charge in [-0.25, -0.2) is 0 Å². The summed E-state index contributed by atoms with van der Waals surface area (Å²) in [5, 5.41) is 8.08. The van der Waals surface area contributed by atoms with Crippen LogP contribution >= 0.6 is 0 Å². The number of nitrogens with zero attached hydrogens (tertiary/aromatic N) is 1. The van der Waals surface area contributed by atoms with Gasteiger partial charge in [-0.15, -0.1) is 0 Å². The molecular weight excluding hydrogens is 520 g/mol. The Morgan fingerprint density at radius 3 is 2.56 bits per heavy atom. The van der Waals surface area contributed by atoms with Crippen LogP contribution in [-0.4, -0.2) is 49.1 Å². The van der Waals surface area contributed by atoms with Crippen molar-refractivity contribution in [2.45, 2.75) is 29.5 Å². The third-order valence-corrected chi connectivity index (χ3v) is 6.96. The normalized spacial score (nSPS) is 16.6. The van der Waals surface area contributed by atoms with Gasteiger partial charge in [0.1, 0.15) is 18.1 Å². The van der Waals surface area contributed by atoms with E-state index >= 15 is 0 Å². The molecule has 0 aromatic heterocycles. The van der Waals surface area contributed by atoms with Gasteiger partial charge in [0.05, 0.1) is 17.8 Å². The van der Waals surface area contributed by atoms with Gasteiger partial charge < -0.3 is 44.4 Å². The summed E-state index contributed by atoms with van der Waals surface area (Å²) in [6, 6.07) is 14.8. The second kappa shape index (κ2) is 13.0. The number of amides is 3. The van der Waals surface area contributed by atoms with E-state index in [1.807, 2.05) is 24.3 Å². The van der Waals surface area contributed by atoms with E-state index in [1.54, 1.807) is 12.1 Å². The molecule has 9 nitrogen and oxygen atoms in total. The highest BCUT2D eigenvalue weighted by molar-refractivity contribution is 7.95. The highest BCUT2D eigenvalue weighted by Crippen LogP contribution is 2.23. The lowest BCUT2D eigenvalue weighted by atomic mass is 10.1. The number of benzene rings is 2. The van der Waals surface area contributed by atoms with Crippen molar-refractivity contribution in [1.29, 1.82) is 0 Å². The van der Waals surface area contributed by atoms with E-state index in [0.717, 1.165) is 11.3 Å². The van der Waals surface area contributed by atoms with Crippen molar-refractivity contribution in [2.24, 2.45) is 16.5 Å². The van der Waals surface area contributed by atoms with Crippen molar-refractivity contribution in [2.75, 3.05) is 24.7 Å². The van der Waals surface area contributed by atoms with E-state index in [0.29, 0.717) is 30.6 Å². The summed E-state index contributed by atoms with van der Waals surface area (Å²) < 4.78 is 0. The predicted molar refractivity (Wildman–Crippen MR) is 131 cm³/mol. The Bertz CT molecular complexity index is 1050. The molecule has 1 aliphatic rings. The van der Waals surface area contributed by atoms with Crippen LogP contribution in [0.3, 0.4) is 0 Å². The molecule has 1 heterocycles. The molecule has 0 saturated carbocycles. The number of carbonyl (C=O) groups excluding carboxylic acids is 3. The van der Waals surface area contributed by atoms with E-state index < -0.39 is 23.8 Å². The largest absolute Gasteiger partial charge is 1.00 e. The molecule has 2 aromatic rings. The number of nitrogens with one attached hydrogen (secondary N) is 3. The Morgan fingerprint density at radius 2 is 1.85 bits per heavy atom. The number of hydrogen-bond donors (Lipinski definition) is 5. The van der Waals surface area contributed by atoms with Gasteiger partial charge in [-0.3, -0.25) is 19.4 Å². The molecule has 2 aromatic carbocycles. The van der Waals surface area contributed by atoms with Crippen molar-refractivity contribution in [3.63, 3.8) is 0 Å². The van der Waals surface area contributed by atoms with Gasteiger partial charge in [0, 0.05) is 23.0 Å². The molecule has 2 unspecified atom stereocenters. The summed E-state index contributed by atoms with van der Waals surface area (Å²) in [7, 11) is -0.0487. The van der Waals surface area contributed by atoms with E-state index in [1.165, 1.54) is 4.90 Å². The second-order valence-corrected chi connectivity index (χ2v) is 9.75. The zero-order chi connectivity index (χ0) is 23.8. The van der Waals surface area contributed by atoms with Gasteiger partial charge in [-0.1, -0.05) is 24.3 Å². The van der Waals surface area contributed by atoms with Crippen LogP contribution in [0.25, 0.3) is 0 Å². The van der Waals surface area contributed by atoms with E-state index in [4.69, 9.17) is 11.5 Å². The maximum atomic E-state index is 12.9. The van der Waals surface area contributed by atoms with Gasteiger partial charge in [0.25, 0.3) is 5.91 Å². The van der Waals surface area contributed by atoms with Crippen LogP contribution in [-0.2, 0) is 26.2 Å². The fraction of sp³-hybridized carbons (Fsp3) is 0.304. The predicted octanol–water partition coefficient (Wildman–Crippen LogP) is -2.28. The minimum Gasteiger partial charge on any atom is -1.00 e. The fourth-order valence-electron chi connectivity index (χ4n) is 3.46. The third kappa shape index (κ3) is 7.77. The van der Waals surface area contributed by atoms with Gasteiger partial charge in [0.15, 0.2) is 10.9 Å². The minimum absolute atomic E-state index is 0. The summed E-state index contributed by atoms with van der Waals surface area (Å²) in [6.07, 6.45) is 3.01. The number of carbonyl (C=O) groups is 3. The van der Waals surface area contributed by atoms with E-state index in [2.05, 4.69) is 39.3 Å². The molecule has 0 spiro atoms. The molecule has 0 aliphatic carbocycles. The lowest BCUT2D eigenvalue weighted by Crippen LogP contribution is -3.00. The van der Waals surface area contributed by atoms with Crippen LogP contribution in [0.2, 0.25) is 0 Å². The molecule has 7 N–H and O–H groups in total. The average Bonchev–Trinajstić information content (AvgIpc) is 2.80. The number of anilines is 1. The maximum absolute atomic E-state index is 12.9. The van der Waals surface area contributed by atoms with Crippen molar-refractivity contribution in [3.8, 4) is 0 Å². The minimum atomic E-state index is -0.770. The molecule has 2 atom stereocenters. The summed E-state index contributed by atoms with van der Waals surface area (Å²) in [5.41, 5.74) is 12.4. The van der Waals surface area contributed by atoms with Crippen molar-refractivity contribution in [1.82, 2.24) is 10.6 Å². The monoisotopic (exact) mass is 548 g/mol. The topological polar surface area (TPSA) is 152 Å². The summed E-state index contributed by atoms with van der Waals surface area (Å²) in [6.45, 7) is 0.126. The molecule has 0 bridgehead atoms. The van der Waals surface area contributed by atoms with Gasteiger partial charge >= 0.3 is 0 Å². The molecular formula is C23H29BrN6O3S. The maximum Gasteiger partial charge on any atom is 0.253 e. The summed E-state index contributed by atoms with van der Waals surface area (Å²) in [4.78, 5) is 43.0. The zero-order valence-corrected chi connectivity index (χ0v) is 21.2. The molecule has 1 aliphatic heterocycles. The number of guanidine groups is 1. The van der Waals surface area contributed by atoms with E-state index in [-0.39, 0.29) is 40.4 Å². The number of rotatable bonds is 7. The Morgan fingerprint density at radius 1 is 1.12 bits per heavy atom. The Kier molecular flexibility index (Phi) is 10.4. The van der Waals surface area contributed by atoms with Crippen molar-refractivity contribution < 1.29 is 31.4 Å². The third-order valence-electron chi connectivity index (χ3n) is 5.12. The average molecular weight is 549 g/mol. The molecule has 11 heteroatoms. The highest BCUT2D eigenvalue weighted by atomic mass is 79.9. The van der Waals surface area contributed by atoms with Crippen LogP contribution in [0.15, 0.2) is 58.4 Å².